The molecule has 0 unspecified atom stereocenters. The molecule has 4 rings (SSSR count). The summed E-state index contributed by atoms with van der Waals surface area (Å²) < 4.78 is 29.0. The normalized spacial score (nSPS) is 10.7. The molecular weight excluding hydrogens is 375 g/mol. The number of esters is 1. The summed E-state index contributed by atoms with van der Waals surface area (Å²) in [4.78, 5) is 24.7. The van der Waals surface area contributed by atoms with E-state index in [1.807, 2.05) is 0 Å². The van der Waals surface area contributed by atoms with Gasteiger partial charge in [0, 0.05) is 11.5 Å². The SMILES string of the molecule is COc1cccc(C(=O)Oc2ccc3cc(-c4ccc(F)cc4)c(=O)oc3c2)c1. The molecular formula is C23H15FO5. The molecule has 5 nitrogen and oxygen atoms in total. The topological polar surface area (TPSA) is 65.7 Å². The minimum atomic E-state index is -0.569. The third kappa shape index (κ3) is 3.87. The molecule has 29 heavy (non-hydrogen) atoms. The van der Waals surface area contributed by atoms with Gasteiger partial charge in [-0.25, -0.2) is 14.0 Å². The fraction of sp³-hybridized carbons (Fsp3) is 0.0435. The number of carbonyl (C=O) groups excluding carboxylic acids is 1. The molecule has 1 aromatic heterocycles. The number of hydrogen-bond acceptors (Lipinski definition) is 5. The third-order valence-electron chi connectivity index (χ3n) is 4.38. The molecule has 0 bridgehead atoms. The standard InChI is InChI=1S/C23H15FO5/c1-27-18-4-2-3-16(11-18)22(25)28-19-10-7-15-12-20(23(26)29-21(15)13-19)14-5-8-17(24)9-6-14/h2-13H,1H3. The van der Waals surface area contributed by atoms with Crippen LogP contribution in [0.15, 0.2) is 82.0 Å². The molecule has 0 aliphatic heterocycles. The van der Waals surface area contributed by atoms with Crippen molar-refractivity contribution in [1.29, 1.82) is 0 Å². The maximum absolute atomic E-state index is 13.1. The Morgan fingerprint density at radius 3 is 2.48 bits per heavy atom. The summed E-state index contributed by atoms with van der Waals surface area (Å²) in [5.74, 6) is -0.171. The molecule has 0 amide bonds. The van der Waals surface area contributed by atoms with E-state index in [1.54, 1.807) is 42.5 Å². The zero-order chi connectivity index (χ0) is 20.4. The van der Waals surface area contributed by atoms with Crippen LogP contribution >= 0.6 is 0 Å². The lowest BCUT2D eigenvalue weighted by Crippen LogP contribution is -2.08. The zero-order valence-corrected chi connectivity index (χ0v) is 15.3. The minimum absolute atomic E-state index is 0.239. The predicted molar refractivity (Wildman–Crippen MR) is 106 cm³/mol. The van der Waals surface area contributed by atoms with Crippen LogP contribution < -0.4 is 15.1 Å². The van der Waals surface area contributed by atoms with Gasteiger partial charge in [0.25, 0.3) is 0 Å². The van der Waals surface area contributed by atoms with Crippen molar-refractivity contribution in [3.8, 4) is 22.6 Å². The molecule has 0 spiro atoms. The first-order valence-electron chi connectivity index (χ1n) is 8.73. The number of halogens is 1. The number of rotatable bonds is 4. The van der Waals surface area contributed by atoms with E-state index in [4.69, 9.17) is 13.9 Å². The summed E-state index contributed by atoms with van der Waals surface area (Å²) in [6.45, 7) is 0. The van der Waals surface area contributed by atoms with Gasteiger partial charge in [0.15, 0.2) is 0 Å². The molecule has 0 N–H and O–H groups in total. The van der Waals surface area contributed by atoms with Crippen LogP contribution in [0.1, 0.15) is 10.4 Å². The van der Waals surface area contributed by atoms with E-state index in [9.17, 15) is 14.0 Å². The minimum Gasteiger partial charge on any atom is -0.497 e. The van der Waals surface area contributed by atoms with Crippen molar-refractivity contribution in [1.82, 2.24) is 0 Å². The highest BCUT2D eigenvalue weighted by Gasteiger charge is 2.12. The highest BCUT2D eigenvalue weighted by atomic mass is 19.1. The fourth-order valence-electron chi connectivity index (χ4n) is 2.90. The second kappa shape index (κ2) is 7.59. The maximum atomic E-state index is 13.1. The van der Waals surface area contributed by atoms with Gasteiger partial charge in [0.05, 0.1) is 18.2 Å². The van der Waals surface area contributed by atoms with Crippen molar-refractivity contribution >= 4 is 16.9 Å². The van der Waals surface area contributed by atoms with Crippen LogP contribution in [0.4, 0.5) is 4.39 Å². The Morgan fingerprint density at radius 1 is 0.931 bits per heavy atom. The second-order valence-electron chi connectivity index (χ2n) is 6.28. The number of fused-ring (bicyclic) bond motifs is 1. The van der Waals surface area contributed by atoms with Crippen LogP contribution in [-0.4, -0.2) is 13.1 Å². The van der Waals surface area contributed by atoms with Gasteiger partial charge in [-0.15, -0.1) is 0 Å². The average molecular weight is 390 g/mol. The van der Waals surface area contributed by atoms with Crippen LogP contribution in [0.2, 0.25) is 0 Å². The number of hydrogen-bond donors (Lipinski definition) is 0. The van der Waals surface area contributed by atoms with Crippen molar-refractivity contribution in [2.45, 2.75) is 0 Å². The van der Waals surface area contributed by atoms with Crippen LogP contribution in [0, 0.1) is 5.82 Å². The molecule has 3 aromatic carbocycles. The molecule has 0 saturated heterocycles. The Hall–Kier alpha value is -3.93. The van der Waals surface area contributed by atoms with E-state index in [0.717, 1.165) is 0 Å². The predicted octanol–water partition coefficient (Wildman–Crippen LogP) is 4.83. The van der Waals surface area contributed by atoms with Gasteiger partial charge >= 0.3 is 11.6 Å². The maximum Gasteiger partial charge on any atom is 0.344 e. The zero-order valence-electron chi connectivity index (χ0n) is 15.3. The van der Waals surface area contributed by atoms with Crippen molar-refractivity contribution < 1.29 is 23.1 Å². The second-order valence-corrected chi connectivity index (χ2v) is 6.28. The molecule has 4 aromatic rings. The highest BCUT2D eigenvalue weighted by molar-refractivity contribution is 5.92. The van der Waals surface area contributed by atoms with E-state index in [-0.39, 0.29) is 17.1 Å². The molecule has 0 saturated carbocycles. The van der Waals surface area contributed by atoms with Crippen LogP contribution in [0.25, 0.3) is 22.1 Å². The molecule has 0 atom stereocenters. The summed E-state index contributed by atoms with van der Waals surface area (Å²) in [5, 5.41) is 0.644. The summed E-state index contributed by atoms with van der Waals surface area (Å²) in [6, 6.07) is 18.6. The first kappa shape index (κ1) is 18.4. The molecule has 6 heteroatoms. The van der Waals surface area contributed by atoms with Gasteiger partial charge in [-0.1, -0.05) is 18.2 Å². The highest BCUT2D eigenvalue weighted by Crippen LogP contribution is 2.25. The molecule has 0 fully saturated rings. The van der Waals surface area contributed by atoms with Gasteiger partial charge in [-0.2, -0.15) is 0 Å². The monoisotopic (exact) mass is 390 g/mol. The van der Waals surface area contributed by atoms with Gasteiger partial charge in [-0.05, 0) is 54.1 Å². The molecule has 0 aliphatic rings. The van der Waals surface area contributed by atoms with Crippen LogP contribution in [0.3, 0.4) is 0 Å². The Bertz CT molecular complexity index is 1260. The molecule has 0 aliphatic carbocycles. The quantitative estimate of drug-likeness (QED) is 0.284. The van der Waals surface area contributed by atoms with Crippen molar-refractivity contribution in [3.63, 3.8) is 0 Å². The van der Waals surface area contributed by atoms with Crippen molar-refractivity contribution in [3.05, 3.63) is 94.6 Å². The van der Waals surface area contributed by atoms with Crippen LogP contribution in [0.5, 0.6) is 11.5 Å². The van der Waals surface area contributed by atoms with Gasteiger partial charge < -0.3 is 13.9 Å². The number of ether oxygens (including phenoxy) is 2. The number of carbonyl (C=O) groups is 1. The Labute approximate surface area is 164 Å². The Kier molecular flexibility index (Phi) is 4.83. The van der Waals surface area contributed by atoms with Gasteiger partial charge in [0.2, 0.25) is 0 Å². The number of methoxy groups -OCH3 is 1. The van der Waals surface area contributed by atoms with E-state index < -0.39 is 11.6 Å². The average Bonchev–Trinajstić information content (AvgIpc) is 2.74. The van der Waals surface area contributed by atoms with E-state index in [0.29, 0.717) is 27.8 Å². The smallest absolute Gasteiger partial charge is 0.344 e. The van der Waals surface area contributed by atoms with Crippen molar-refractivity contribution in [2.75, 3.05) is 7.11 Å². The fourth-order valence-corrected chi connectivity index (χ4v) is 2.90. The van der Waals surface area contributed by atoms with E-state index in [2.05, 4.69) is 0 Å². The summed E-state index contributed by atoms with van der Waals surface area (Å²) >= 11 is 0. The first-order chi connectivity index (χ1) is 14.0. The number of benzene rings is 3. The third-order valence-corrected chi connectivity index (χ3v) is 4.38. The molecule has 1 heterocycles. The largest absolute Gasteiger partial charge is 0.497 e. The lowest BCUT2D eigenvalue weighted by Gasteiger charge is -2.07. The van der Waals surface area contributed by atoms with E-state index in [1.165, 1.54) is 37.4 Å². The van der Waals surface area contributed by atoms with E-state index >= 15 is 0 Å². The van der Waals surface area contributed by atoms with Gasteiger partial charge in [0.1, 0.15) is 22.9 Å². The molecule has 144 valence electrons. The lowest BCUT2D eigenvalue weighted by molar-refractivity contribution is 0.0734. The van der Waals surface area contributed by atoms with Crippen molar-refractivity contribution in [2.24, 2.45) is 0 Å². The Balaban J connectivity index is 1.64. The summed E-state index contributed by atoms with van der Waals surface area (Å²) in [7, 11) is 1.51. The van der Waals surface area contributed by atoms with Gasteiger partial charge in [-0.3, -0.25) is 0 Å². The summed E-state index contributed by atoms with van der Waals surface area (Å²) in [5.41, 5.74) is 0.906. The summed E-state index contributed by atoms with van der Waals surface area (Å²) in [6.07, 6.45) is 0. The lowest BCUT2D eigenvalue weighted by atomic mass is 10.1. The Morgan fingerprint density at radius 2 is 1.72 bits per heavy atom. The molecule has 0 radical (unpaired) electrons. The van der Waals surface area contributed by atoms with Crippen LogP contribution in [-0.2, 0) is 0 Å². The first-order valence-corrected chi connectivity index (χ1v) is 8.73.